The number of anilines is 1. The van der Waals surface area contributed by atoms with E-state index in [1.165, 1.54) is 11.6 Å². The van der Waals surface area contributed by atoms with Gasteiger partial charge in [-0.1, -0.05) is 42.5 Å². The van der Waals surface area contributed by atoms with Crippen molar-refractivity contribution in [2.24, 2.45) is 0 Å². The van der Waals surface area contributed by atoms with Gasteiger partial charge in [-0.3, -0.25) is 0 Å². The summed E-state index contributed by atoms with van der Waals surface area (Å²) in [6, 6.07) is 15.2. The Morgan fingerprint density at radius 1 is 1.15 bits per heavy atom. The van der Waals surface area contributed by atoms with Gasteiger partial charge in [-0.2, -0.15) is 0 Å². The average Bonchev–Trinajstić information content (AvgIpc) is 3.33. The molecule has 1 saturated heterocycles. The first-order chi connectivity index (χ1) is 12.7. The smallest absolute Gasteiger partial charge is 0.177 e. The van der Waals surface area contributed by atoms with Gasteiger partial charge in [0.05, 0.1) is 19.3 Å². The van der Waals surface area contributed by atoms with Crippen LogP contribution in [0.5, 0.6) is 0 Å². The molecule has 0 N–H and O–H groups in total. The summed E-state index contributed by atoms with van der Waals surface area (Å²) in [6.07, 6.45) is 2.58. The highest BCUT2D eigenvalue weighted by molar-refractivity contribution is 5.49. The van der Waals surface area contributed by atoms with Crippen LogP contribution in [0.1, 0.15) is 30.0 Å². The van der Waals surface area contributed by atoms with Gasteiger partial charge in [0.2, 0.25) is 0 Å². The minimum absolute atomic E-state index is 0.237. The molecule has 0 amide bonds. The summed E-state index contributed by atoms with van der Waals surface area (Å²) in [5, 5.41) is 8.40. The van der Waals surface area contributed by atoms with Crippen LogP contribution in [-0.4, -0.2) is 28.1 Å². The van der Waals surface area contributed by atoms with Crippen molar-refractivity contribution in [3.63, 3.8) is 0 Å². The SMILES string of the molecule is CCc1ccc(N2CCO[C@H]2c2cn(Cc3ccccc3F)nn2)cc1. The largest absolute Gasteiger partial charge is 0.350 e. The van der Waals surface area contributed by atoms with Crippen LogP contribution < -0.4 is 4.90 Å². The van der Waals surface area contributed by atoms with E-state index in [0.29, 0.717) is 18.7 Å². The van der Waals surface area contributed by atoms with Crippen molar-refractivity contribution in [3.05, 3.63) is 77.4 Å². The third-order valence-electron chi connectivity index (χ3n) is 4.67. The van der Waals surface area contributed by atoms with Crippen LogP contribution in [0.3, 0.4) is 0 Å². The van der Waals surface area contributed by atoms with Crippen LogP contribution in [0.4, 0.5) is 10.1 Å². The van der Waals surface area contributed by atoms with E-state index in [1.54, 1.807) is 16.8 Å². The lowest BCUT2D eigenvalue weighted by Crippen LogP contribution is -2.23. The van der Waals surface area contributed by atoms with Crippen LogP contribution in [0, 0.1) is 5.82 Å². The molecule has 0 aliphatic carbocycles. The fraction of sp³-hybridized carbons (Fsp3) is 0.300. The monoisotopic (exact) mass is 352 g/mol. The van der Waals surface area contributed by atoms with Gasteiger partial charge in [0, 0.05) is 17.8 Å². The van der Waals surface area contributed by atoms with E-state index in [4.69, 9.17) is 4.74 Å². The van der Waals surface area contributed by atoms with Crippen molar-refractivity contribution in [3.8, 4) is 0 Å². The lowest BCUT2D eigenvalue weighted by molar-refractivity contribution is 0.110. The zero-order valence-corrected chi connectivity index (χ0v) is 14.7. The molecule has 3 aromatic rings. The second-order valence-electron chi connectivity index (χ2n) is 6.37. The lowest BCUT2D eigenvalue weighted by Gasteiger charge is -2.23. The standard InChI is InChI=1S/C20H21FN4O/c1-2-15-7-9-17(10-8-15)25-11-12-26-20(25)19-14-24(23-22-19)13-16-5-3-4-6-18(16)21/h3-10,14,20H,2,11-13H2,1H3/t20-/m0/s1. The van der Waals surface area contributed by atoms with E-state index in [9.17, 15) is 4.39 Å². The molecule has 0 bridgehead atoms. The number of rotatable bonds is 5. The molecule has 2 heterocycles. The third kappa shape index (κ3) is 3.32. The van der Waals surface area contributed by atoms with Crippen LogP contribution >= 0.6 is 0 Å². The number of hydrogen-bond acceptors (Lipinski definition) is 4. The van der Waals surface area contributed by atoms with Crippen LogP contribution in [-0.2, 0) is 17.7 Å². The van der Waals surface area contributed by atoms with Gasteiger partial charge in [-0.05, 0) is 30.2 Å². The molecule has 1 atom stereocenters. The maximum Gasteiger partial charge on any atom is 0.177 e. The molecule has 26 heavy (non-hydrogen) atoms. The molecule has 6 heteroatoms. The number of hydrogen-bond donors (Lipinski definition) is 0. The molecule has 2 aromatic carbocycles. The summed E-state index contributed by atoms with van der Waals surface area (Å²) in [5.41, 5.74) is 3.73. The summed E-state index contributed by atoms with van der Waals surface area (Å²) < 4.78 is 21.4. The minimum Gasteiger partial charge on any atom is -0.350 e. The first kappa shape index (κ1) is 16.7. The number of ether oxygens (including phenoxy) is 1. The van der Waals surface area contributed by atoms with Gasteiger partial charge in [-0.15, -0.1) is 5.10 Å². The van der Waals surface area contributed by atoms with E-state index in [2.05, 4.69) is 46.4 Å². The number of aromatic nitrogens is 3. The van der Waals surface area contributed by atoms with E-state index in [0.717, 1.165) is 24.3 Å². The summed E-state index contributed by atoms with van der Waals surface area (Å²) in [7, 11) is 0. The second kappa shape index (κ2) is 7.25. The minimum atomic E-state index is -0.267. The highest BCUT2D eigenvalue weighted by Gasteiger charge is 2.29. The van der Waals surface area contributed by atoms with Crippen LogP contribution in [0.15, 0.2) is 54.7 Å². The van der Waals surface area contributed by atoms with Crippen molar-refractivity contribution < 1.29 is 9.13 Å². The highest BCUT2D eigenvalue weighted by atomic mass is 19.1. The fourth-order valence-electron chi connectivity index (χ4n) is 3.21. The van der Waals surface area contributed by atoms with Crippen molar-refractivity contribution in [2.45, 2.75) is 26.1 Å². The van der Waals surface area contributed by atoms with Gasteiger partial charge in [0.25, 0.3) is 0 Å². The Hall–Kier alpha value is -2.73. The molecular weight excluding hydrogens is 331 g/mol. The lowest BCUT2D eigenvalue weighted by atomic mass is 10.1. The first-order valence-electron chi connectivity index (χ1n) is 8.85. The first-order valence-corrected chi connectivity index (χ1v) is 8.85. The quantitative estimate of drug-likeness (QED) is 0.704. The van der Waals surface area contributed by atoms with E-state index >= 15 is 0 Å². The molecule has 0 spiro atoms. The van der Waals surface area contributed by atoms with Crippen LogP contribution in [0.25, 0.3) is 0 Å². The second-order valence-corrected chi connectivity index (χ2v) is 6.37. The Labute approximate surface area is 152 Å². The van der Waals surface area contributed by atoms with Crippen LogP contribution in [0.2, 0.25) is 0 Å². The number of aryl methyl sites for hydroxylation is 1. The summed E-state index contributed by atoms with van der Waals surface area (Å²) in [5.74, 6) is -0.237. The zero-order chi connectivity index (χ0) is 17.9. The van der Waals surface area contributed by atoms with Crippen molar-refractivity contribution in [1.82, 2.24) is 15.0 Å². The molecule has 5 nitrogen and oxygen atoms in total. The molecule has 4 rings (SSSR count). The molecular formula is C20H21FN4O. The Kier molecular flexibility index (Phi) is 4.67. The van der Waals surface area contributed by atoms with Gasteiger partial charge in [0.1, 0.15) is 11.5 Å². The average molecular weight is 352 g/mol. The third-order valence-corrected chi connectivity index (χ3v) is 4.67. The van der Waals surface area contributed by atoms with E-state index in [1.807, 2.05) is 12.3 Å². The molecule has 0 radical (unpaired) electrons. The van der Waals surface area contributed by atoms with Gasteiger partial charge < -0.3 is 9.64 Å². The summed E-state index contributed by atoms with van der Waals surface area (Å²) >= 11 is 0. The number of benzene rings is 2. The van der Waals surface area contributed by atoms with Crippen molar-refractivity contribution in [1.29, 1.82) is 0 Å². The number of halogens is 1. The van der Waals surface area contributed by atoms with Gasteiger partial charge in [0.15, 0.2) is 6.23 Å². The maximum atomic E-state index is 13.8. The Bertz CT molecular complexity index is 878. The summed E-state index contributed by atoms with van der Waals surface area (Å²) in [6.45, 7) is 3.93. The molecule has 134 valence electrons. The Morgan fingerprint density at radius 3 is 2.73 bits per heavy atom. The molecule has 1 aliphatic rings. The molecule has 1 aromatic heterocycles. The fourth-order valence-corrected chi connectivity index (χ4v) is 3.21. The molecule has 0 unspecified atom stereocenters. The predicted molar refractivity (Wildman–Crippen MR) is 97.4 cm³/mol. The van der Waals surface area contributed by atoms with Crippen molar-refractivity contribution in [2.75, 3.05) is 18.1 Å². The summed E-state index contributed by atoms with van der Waals surface area (Å²) in [4.78, 5) is 2.18. The van der Waals surface area contributed by atoms with Gasteiger partial charge >= 0.3 is 0 Å². The predicted octanol–water partition coefficient (Wildman–Crippen LogP) is 3.56. The zero-order valence-electron chi connectivity index (χ0n) is 14.7. The van der Waals surface area contributed by atoms with E-state index in [-0.39, 0.29) is 12.0 Å². The molecule has 1 fully saturated rings. The van der Waals surface area contributed by atoms with Gasteiger partial charge in [-0.25, -0.2) is 9.07 Å². The Balaban J connectivity index is 1.53. The molecule has 0 saturated carbocycles. The molecule has 1 aliphatic heterocycles. The maximum absolute atomic E-state index is 13.8. The van der Waals surface area contributed by atoms with Crippen molar-refractivity contribution >= 4 is 5.69 Å². The Morgan fingerprint density at radius 2 is 1.96 bits per heavy atom. The normalized spacial score (nSPS) is 17.0. The topological polar surface area (TPSA) is 43.2 Å². The van der Waals surface area contributed by atoms with E-state index < -0.39 is 0 Å². The highest BCUT2D eigenvalue weighted by Crippen LogP contribution is 2.31. The number of nitrogens with zero attached hydrogens (tertiary/aromatic N) is 4.